The fraction of sp³-hybridized carbons (Fsp3) is 0.500. The number of rotatable bonds is 2. The third-order valence-corrected chi connectivity index (χ3v) is 2.62. The molecule has 88 valence electrons. The van der Waals surface area contributed by atoms with Crippen molar-refractivity contribution >= 4 is 0 Å². The maximum Gasteiger partial charge on any atom is 0.136 e. The monoisotopic (exact) mass is 227 g/mol. The molecule has 1 aliphatic rings. The summed E-state index contributed by atoms with van der Waals surface area (Å²) in [7, 11) is 0. The van der Waals surface area contributed by atoms with E-state index in [9.17, 15) is 8.78 Å². The Morgan fingerprint density at radius 2 is 2.12 bits per heavy atom. The second kappa shape index (κ2) is 3.70. The molecule has 2 nitrogen and oxygen atoms in total. The van der Waals surface area contributed by atoms with Gasteiger partial charge in [0, 0.05) is 29.2 Å². The lowest BCUT2D eigenvalue weighted by Gasteiger charge is -2.20. The van der Waals surface area contributed by atoms with Crippen LogP contribution in [0.15, 0.2) is 6.07 Å². The third-order valence-electron chi connectivity index (χ3n) is 2.62. The fourth-order valence-electron chi connectivity index (χ4n) is 1.93. The van der Waals surface area contributed by atoms with Crippen LogP contribution in [0.1, 0.15) is 25.0 Å². The van der Waals surface area contributed by atoms with Crippen molar-refractivity contribution in [2.75, 3.05) is 6.61 Å². The third kappa shape index (κ3) is 2.02. The Morgan fingerprint density at radius 1 is 1.44 bits per heavy atom. The van der Waals surface area contributed by atoms with Crippen molar-refractivity contribution < 1.29 is 13.5 Å². The maximum absolute atomic E-state index is 14.0. The molecule has 16 heavy (non-hydrogen) atoms. The molecule has 4 heteroatoms. The van der Waals surface area contributed by atoms with Gasteiger partial charge in [0.05, 0.1) is 6.61 Å². The SMILES string of the molecule is CC(C)(N)Cc1c(F)cc2c(c1F)CCO2. The van der Waals surface area contributed by atoms with Gasteiger partial charge in [-0.2, -0.15) is 0 Å². The second-order valence-corrected chi connectivity index (χ2v) is 4.89. The summed E-state index contributed by atoms with van der Waals surface area (Å²) in [4.78, 5) is 0. The van der Waals surface area contributed by atoms with Crippen LogP contribution in [-0.2, 0) is 12.8 Å². The molecular weight excluding hydrogens is 212 g/mol. The van der Waals surface area contributed by atoms with E-state index in [0.29, 0.717) is 24.3 Å². The van der Waals surface area contributed by atoms with Crippen LogP contribution >= 0.6 is 0 Å². The topological polar surface area (TPSA) is 35.2 Å². The molecule has 1 aromatic rings. The van der Waals surface area contributed by atoms with E-state index in [2.05, 4.69) is 0 Å². The van der Waals surface area contributed by atoms with Gasteiger partial charge >= 0.3 is 0 Å². The van der Waals surface area contributed by atoms with Crippen LogP contribution in [0.3, 0.4) is 0 Å². The maximum atomic E-state index is 14.0. The summed E-state index contributed by atoms with van der Waals surface area (Å²) in [5.74, 6) is -0.740. The molecule has 0 saturated carbocycles. The van der Waals surface area contributed by atoms with E-state index in [-0.39, 0.29) is 12.0 Å². The van der Waals surface area contributed by atoms with E-state index in [4.69, 9.17) is 10.5 Å². The summed E-state index contributed by atoms with van der Waals surface area (Å²) in [6.45, 7) is 3.91. The highest BCUT2D eigenvalue weighted by Gasteiger charge is 2.25. The van der Waals surface area contributed by atoms with Gasteiger partial charge in [-0.15, -0.1) is 0 Å². The van der Waals surface area contributed by atoms with Gasteiger partial charge in [0.15, 0.2) is 0 Å². The summed E-state index contributed by atoms with van der Waals surface area (Å²) in [5, 5.41) is 0. The van der Waals surface area contributed by atoms with Crippen molar-refractivity contribution in [1.82, 2.24) is 0 Å². The first kappa shape index (κ1) is 11.3. The predicted octanol–water partition coefficient (Wildman–Crippen LogP) is 2.18. The number of fused-ring (bicyclic) bond motifs is 1. The molecule has 0 unspecified atom stereocenters. The molecular formula is C12H15F2NO. The van der Waals surface area contributed by atoms with Crippen LogP contribution in [0.4, 0.5) is 8.78 Å². The van der Waals surface area contributed by atoms with E-state index in [1.165, 1.54) is 6.07 Å². The molecule has 0 aliphatic carbocycles. The van der Waals surface area contributed by atoms with Crippen LogP contribution in [0.25, 0.3) is 0 Å². The number of benzene rings is 1. The summed E-state index contributed by atoms with van der Waals surface area (Å²) < 4.78 is 32.8. The number of hydrogen-bond donors (Lipinski definition) is 1. The summed E-state index contributed by atoms with van der Waals surface area (Å²) in [6.07, 6.45) is 0.678. The van der Waals surface area contributed by atoms with Gasteiger partial charge in [-0.25, -0.2) is 8.78 Å². The Morgan fingerprint density at radius 3 is 2.75 bits per heavy atom. The number of nitrogens with two attached hydrogens (primary N) is 1. The van der Waals surface area contributed by atoms with Gasteiger partial charge in [-0.3, -0.25) is 0 Å². The highest BCUT2D eigenvalue weighted by molar-refractivity contribution is 5.42. The minimum absolute atomic E-state index is 0.0664. The van der Waals surface area contributed by atoms with Crippen LogP contribution in [-0.4, -0.2) is 12.1 Å². The zero-order valence-corrected chi connectivity index (χ0v) is 9.44. The Balaban J connectivity index is 2.46. The van der Waals surface area contributed by atoms with E-state index in [0.717, 1.165) is 0 Å². The van der Waals surface area contributed by atoms with Crippen LogP contribution in [0, 0.1) is 11.6 Å². The predicted molar refractivity (Wildman–Crippen MR) is 57.5 cm³/mol. The van der Waals surface area contributed by atoms with Crippen LogP contribution in [0.2, 0.25) is 0 Å². The van der Waals surface area contributed by atoms with Gasteiger partial charge in [0.25, 0.3) is 0 Å². The lowest BCUT2D eigenvalue weighted by molar-refractivity contribution is 0.354. The number of halogens is 2. The number of ether oxygens (including phenoxy) is 1. The first-order valence-corrected chi connectivity index (χ1v) is 5.30. The lowest BCUT2D eigenvalue weighted by Crippen LogP contribution is -2.35. The van der Waals surface area contributed by atoms with E-state index < -0.39 is 17.2 Å². The van der Waals surface area contributed by atoms with Crippen molar-refractivity contribution in [2.24, 2.45) is 5.73 Å². The van der Waals surface area contributed by atoms with Crippen molar-refractivity contribution in [3.8, 4) is 5.75 Å². The quantitative estimate of drug-likeness (QED) is 0.840. The van der Waals surface area contributed by atoms with Gasteiger partial charge in [-0.05, 0) is 20.3 Å². The van der Waals surface area contributed by atoms with Crippen molar-refractivity contribution in [2.45, 2.75) is 32.2 Å². The zero-order chi connectivity index (χ0) is 11.9. The van der Waals surface area contributed by atoms with Gasteiger partial charge in [0.1, 0.15) is 17.4 Å². The average Bonchev–Trinajstić information content (AvgIpc) is 2.58. The molecule has 0 fully saturated rings. The first-order valence-electron chi connectivity index (χ1n) is 5.30. The molecule has 1 aliphatic heterocycles. The molecule has 0 radical (unpaired) electrons. The summed E-state index contributed by atoms with van der Waals surface area (Å²) >= 11 is 0. The highest BCUT2D eigenvalue weighted by Crippen LogP contribution is 2.32. The molecule has 2 N–H and O–H groups in total. The van der Waals surface area contributed by atoms with Crippen LogP contribution in [0.5, 0.6) is 5.75 Å². The minimum atomic E-state index is -0.630. The molecule has 2 rings (SSSR count). The molecule has 0 saturated heterocycles. The molecule has 0 spiro atoms. The molecule has 0 aromatic heterocycles. The van der Waals surface area contributed by atoms with Crippen LogP contribution < -0.4 is 10.5 Å². The van der Waals surface area contributed by atoms with Crippen molar-refractivity contribution in [3.63, 3.8) is 0 Å². The molecule has 0 bridgehead atoms. The Bertz CT molecular complexity index is 424. The zero-order valence-electron chi connectivity index (χ0n) is 9.44. The molecule has 0 amide bonds. The molecule has 1 heterocycles. The van der Waals surface area contributed by atoms with E-state index in [1.54, 1.807) is 13.8 Å². The smallest absolute Gasteiger partial charge is 0.136 e. The van der Waals surface area contributed by atoms with Crippen molar-refractivity contribution in [3.05, 3.63) is 28.8 Å². The minimum Gasteiger partial charge on any atom is -0.493 e. The van der Waals surface area contributed by atoms with E-state index >= 15 is 0 Å². The Kier molecular flexibility index (Phi) is 2.62. The van der Waals surface area contributed by atoms with Gasteiger partial charge in [0.2, 0.25) is 0 Å². The molecule has 1 aromatic carbocycles. The summed E-state index contributed by atoms with van der Waals surface area (Å²) in [5.41, 5.74) is 5.70. The molecule has 0 atom stereocenters. The fourth-order valence-corrected chi connectivity index (χ4v) is 1.93. The van der Waals surface area contributed by atoms with Gasteiger partial charge in [-0.1, -0.05) is 0 Å². The normalized spacial score (nSPS) is 14.8. The van der Waals surface area contributed by atoms with Crippen molar-refractivity contribution in [1.29, 1.82) is 0 Å². The Hall–Kier alpha value is -1.16. The standard InChI is InChI=1S/C12H15F2NO/c1-12(2,15)6-8-9(13)5-10-7(11(8)14)3-4-16-10/h5H,3-4,6,15H2,1-2H3. The van der Waals surface area contributed by atoms with E-state index in [1.807, 2.05) is 0 Å². The highest BCUT2D eigenvalue weighted by atomic mass is 19.1. The first-order chi connectivity index (χ1) is 7.38. The van der Waals surface area contributed by atoms with Gasteiger partial charge < -0.3 is 10.5 Å². The Labute approximate surface area is 93.4 Å². The average molecular weight is 227 g/mol. The largest absolute Gasteiger partial charge is 0.493 e. The summed E-state index contributed by atoms with van der Waals surface area (Å²) in [6, 6.07) is 1.26. The second-order valence-electron chi connectivity index (χ2n) is 4.89. The lowest BCUT2D eigenvalue weighted by atomic mass is 9.93. The number of hydrogen-bond acceptors (Lipinski definition) is 2.